The number of ether oxygens (including phenoxy) is 2. The Morgan fingerprint density at radius 2 is 1.84 bits per heavy atom. The first kappa shape index (κ1) is 22.7. The van der Waals surface area contributed by atoms with Crippen LogP contribution in [-0.4, -0.2) is 59.7 Å². The third kappa shape index (κ3) is 7.44. The van der Waals surface area contributed by atoms with E-state index in [4.69, 9.17) is 10.3 Å². The van der Waals surface area contributed by atoms with Crippen molar-refractivity contribution in [3.8, 4) is 0 Å². The molecule has 0 radical (unpaired) electrons. The SMILES string of the molecule is CO[C@@H](C)C(=O)N[C@@H](CCC(=O)C=[N+]=[N-])C(=O)OC(C)(C)C(F)(F)F. The van der Waals surface area contributed by atoms with Gasteiger partial charge in [0.25, 0.3) is 0 Å². The van der Waals surface area contributed by atoms with Gasteiger partial charge in [-0.05, 0) is 27.2 Å². The summed E-state index contributed by atoms with van der Waals surface area (Å²) in [5.41, 5.74) is 5.47. The number of halogens is 3. The van der Waals surface area contributed by atoms with Crippen molar-refractivity contribution in [2.45, 2.75) is 57.5 Å². The molecule has 0 aliphatic rings. The number of nitrogens with zero attached hydrogens (tertiary/aromatic N) is 2. The maximum Gasteiger partial charge on any atom is 0.427 e. The second-order valence-corrected chi connectivity index (χ2v) is 5.62. The van der Waals surface area contributed by atoms with Gasteiger partial charge in [0.05, 0.1) is 0 Å². The summed E-state index contributed by atoms with van der Waals surface area (Å²) in [5, 5.41) is 2.17. The summed E-state index contributed by atoms with van der Waals surface area (Å²) >= 11 is 0. The third-order valence-electron chi connectivity index (χ3n) is 3.24. The Hall–Kier alpha value is -2.26. The van der Waals surface area contributed by atoms with Crippen LogP contribution in [0.4, 0.5) is 13.2 Å². The number of amides is 1. The first-order valence-electron chi connectivity index (χ1n) is 7.18. The second-order valence-electron chi connectivity index (χ2n) is 5.62. The van der Waals surface area contributed by atoms with Crippen molar-refractivity contribution in [2.75, 3.05) is 7.11 Å². The number of carbonyl (C=O) groups excluding carboxylic acids is 3. The molecule has 25 heavy (non-hydrogen) atoms. The molecule has 11 heteroatoms. The first-order chi connectivity index (χ1) is 11.4. The van der Waals surface area contributed by atoms with Crippen LogP contribution in [0.1, 0.15) is 33.6 Å². The van der Waals surface area contributed by atoms with Gasteiger partial charge in [0, 0.05) is 13.5 Å². The van der Waals surface area contributed by atoms with Crippen molar-refractivity contribution in [2.24, 2.45) is 0 Å². The Kier molecular flexibility index (Phi) is 8.44. The van der Waals surface area contributed by atoms with Crippen LogP contribution in [0.15, 0.2) is 0 Å². The lowest BCUT2D eigenvalue weighted by atomic mass is 10.1. The molecule has 0 fully saturated rings. The molecule has 1 amide bonds. The van der Waals surface area contributed by atoms with E-state index in [2.05, 4.69) is 14.8 Å². The molecule has 0 unspecified atom stereocenters. The maximum atomic E-state index is 12.8. The highest BCUT2D eigenvalue weighted by Crippen LogP contribution is 2.33. The lowest BCUT2D eigenvalue weighted by molar-refractivity contribution is -0.258. The predicted molar refractivity (Wildman–Crippen MR) is 78.6 cm³/mol. The molecule has 0 aliphatic carbocycles. The van der Waals surface area contributed by atoms with Gasteiger partial charge in [-0.3, -0.25) is 9.59 Å². The minimum Gasteiger partial charge on any atom is -0.448 e. The average molecular weight is 367 g/mol. The lowest BCUT2D eigenvalue weighted by Gasteiger charge is -2.30. The predicted octanol–water partition coefficient (Wildman–Crippen LogP) is 1.04. The minimum atomic E-state index is -4.82. The number of Topliss-reactive ketones (excluding diaryl/α,β-unsaturated/α-hetero) is 1. The molecule has 0 bridgehead atoms. The Morgan fingerprint density at radius 1 is 1.28 bits per heavy atom. The largest absolute Gasteiger partial charge is 0.448 e. The number of esters is 1. The number of rotatable bonds is 9. The molecular weight excluding hydrogens is 347 g/mol. The zero-order valence-electron chi connectivity index (χ0n) is 14.2. The van der Waals surface area contributed by atoms with Gasteiger partial charge in [-0.2, -0.15) is 18.0 Å². The van der Waals surface area contributed by atoms with Crippen LogP contribution in [0.25, 0.3) is 5.53 Å². The Balaban J connectivity index is 5.21. The van der Waals surface area contributed by atoms with Gasteiger partial charge < -0.3 is 20.3 Å². The topological polar surface area (TPSA) is 118 Å². The maximum absolute atomic E-state index is 12.8. The Morgan fingerprint density at radius 3 is 2.28 bits per heavy atom. The summed E-state index contributed by atoms with van der Waals surface area (Å²) in [6.07, 6.45) is -5.93. The molecule has 0 saturated heterocycles. The first-order valence-corrected chi connectivity index (χ1v) is 7.18. The summed E-state index contributed by atoms with van der Waals surface area (Å²) in [6.45, 7) is 2.68. The molecule has 8 nitrogen and oxygen atoms in total. The zero-order chi connectivity index (χ0) is 19.8. The highest BCUT2D eigenvalue weighted by Gasteiger charge is 2.51. The molecule has 2 atom stereocenters. The Bertz CT molecular complexity index is 556. The van der Waals surface area contributed by atoms with E-state index in [-0.39, 0.29) is 12.8 Å². The number of methoxy groups -OCH3 is 1. The van der Waals surface area contributed by atoms with E-state index in [0.29, 0.717) is 20.1 Å². The standard InChI is InChI=1S/C14H20F3N3O5/c1-8(24-4)11(22)20-10(6-5-9(21)7-19-18)12(23)25-13(2,3)14(15,16)17/h7-8,10H,5-6H2,1-4H3,(H,20,22)/t8-,10-/m0/s1. The van der Waals surface area contributed by atoms with Gasteiger partial charge in [-0.1, -0.05) is 0 Å². The van der Waals surface area contributed by atoms with Crippen LogP contribution in [0.5, 0.6) is 0 Å². The van der Waals surface area contributed by atoms with Crippen LogP contribution in [0, 0.1) is 0 Å². The number of alkyl halides is 3. The van der Waals surface area contributed by atoms with Crippen LogP contribution >= 0.6 is 0 Å². The van der Waals surface area contributed by atoms with Crippen LogP contribution in [0.2, 0.25) is 0 Å². The van der Waals surface area contributed by atoms with Crippen molar-refractivity contribution in [3.05, 3.63) is 5.53 Å². The summed E-state index contributed by atoms with van der Waals surface area (Å²) in [6, 6.07) is -1.51. The van der Waals surface area contributed by atoms with E-state index < -0.39 is 41.6 Å². The molecule has 0 aromatic rings. The quantitative estimate of drug-likeness (QED) is 0.283. The van der Waals surface area contributed by atoms with E-state index >= 15 is 0 Å². The summed E-state index contributed by atoms with van der Waals surface area (Å²) in [5.74, 6) is -2.81. The molecule has 0 spiro atoms. The zero-order valence-corrected chi connectivity index (χ0v) is 14.2. The molecular formula is C14H20F3N3O5. The van der Waals surface area contributed by atoms with Gasteiger partial charge in [0.2, 0.25) is 17.3 Å². The van der Waals surface area contributed by atoms with E-state index in [1.165, 1.54) is 14.0 Å². The molecule has 0 saturated carbocycles. The number of hydrogen-bond acceptors (Lipinski definition) is 5. The second kappa shape index (κ2) is 9.28. The molecule has 0 heterocycles. The smallest absolute Gasteiger partial charge is 0.427 e. The monoisotopic (exact) mass is 367 g/mol. The van der Waals surface area contributed by atoms with Gasteiger partial charge in [-0.25, -0.2) is 4.79 Å². The van der Waals surface area contributed by atoms with Crippen molar-refractivity contribution in [1.82, 2.24) is 5.32 Å². The van der Waals surface area contributed by atoms with Crippen molar-refractivity contribution >= 4 is 23.9 Å². The molecule has 1 N–H and O–H groups in total. The fraction of sp³-hybridized carbons (Fsp3) is 0.714. The van der Waals surface area contributed by atoms with Crippen LogP contribution in [-0.2, 0) is 23.9 Å². The Labute approximate surface area is 142 Å². The summed E-state index contributed by atoms with van der Waals surface area (Å²) in [7, 11) is 1.23. The van der Waals surface area contributed by atoms with Crippen LogP contribution in [0.3, 0.4) is 0 Å². The van der Waals surface area contributed by atoms with Crippen molar-refractivity contribution in [3.63, 3.8) is 0 Å². The van der Waals surface area contributed by atoms with Gasteiger partial charge >= 0.3 is 18.4 Å². The van der Waals surface area contributed by atoms with Crippen molar-refractivity contribution in [1.29, 1.82) is 0 Å². The number of nitrogens with one attached hydrogen (secondary N) is 1. The molecule has 0 aliphatic heterocycles. The third-order valence-corrected chi connectivity index (χ3v) is 3.24. The van der Waals surface area contributed by atoms with E-state index in [0.717, 1.165) is 0 Å². The molecule has 0 rings (SSSR count). The van der Waals surface area contributed by atoms with Gasteiger partial charge in [0.15, 0.2) is 0 Å². The fourth-order valence-corrected chi connectivity index (χ4v) is 1.44. The normalized spacial score (nSPS) is 14.0. The molecule has 0 aromatic carbocycles. The van der Waals surface area contributed by atoms with E-state index in [1.54, 1.807) is 0 Å². The summed E-state index contributed by atoms with van der Waals surface area (Å²) in [4.78, 5) is 37.7. The number of ketones is 1. The van der Waals surface area contributed by atoms with E-state index in [9.17, 15) is 27.6 Å². The van der Waals surface area contributed by atoms with Gasteiger partial charge in [0.1, 0.15) is 12.1 Å². The minimum absolute atomic E-state index is 0.347. The highest BCUT2D eigenvalue weighted by atomic mass is 19.4. The summed E-state index contributed by atoms with van der Waals surface area (Å²) < 4.78 is 47.7. The van der Waals surface area contributed by atoms with Crippen LogP contribution < -0.4 is 5.32 Å². The highest BCUT2D eigenvalue weighted by molar-refractivity contribution is 6.25. The van der Waals surface area contributed by atoms with Gasteiger partial charge in [-0.15, -0.1) is 0 Å². The number of hydrogen-bond donors (Lipinski definition) is 1. The lowest BCUT2D eigenvalue weighted by Crippen LogP contribution is -2.51. The average Bonchev–Trinajstić information content (AvgIpc) is 2.48. The molecule has 142 valence electrons. The number of carbonyl (C=O) groups is 3. The van der Waals surface area contributed by atoms with Crippen molar-refractivity contribution < 1.29 is 41.8 Å². The fourth-order valence-electron chi connectivity index (χ4n) is 1.44. The van der Waals surface area contributed by atoms with E-state index in [1.807, 2.05) is 0 Å². The molecule has 0 aromatic heterocycles.